The number of rotatable bonds is 8. The topological polar surface area (TPSA) is 93.7 Å². The molecular formula is C18H22N2O5S. The molecule has 2 aromatic rings. The van der Waals surface area contributed by atoms with Crippen molar-refractivity contribution >= 4 is 21.6 Å². The van der Waals surface area contributed by atoms with E-state index in [9.17, 15) is 13.2 Å². The molecule has 0 saturated heterocycles. The molecule has 7 nitrogen and oxygen atoms in total. The van der Waals surface area contributed by atoms with E-state index in [4.69, 9.17) is 9.47 Å². The van der Waals surface area contributed by atoms with E-state index in [0.29, 0.717) is 17.0 Å². The van der Waals surface area contributed by atoms with E-state index >= 15 is 0 Å². The van der Waals surface area contributed by atoms with Crippen molar-refractivity contribution < 1.29 is 22.7 Å². The number of nitrogens with one attached hydrogen (secondary N) is 2. The van der Waals surface area contributed by atoms with Gasteiger partial charge in [-0.2, -0.15) is 0 Å². The Balaban J connectivity index is 2.06. The predicted molar refractivity (Wildman–Crippen MR) is 99.0 cm³/mol. The van der Waals surface area contributed by atoms with Crippen LogP contribution in [-0.2, 0) is 14.8 Å². The normalized spacial score (nSPS) is 12.4. The number of hydrogen-bond donors (Lipinski definition) is 2. The van der Waals surface area contributed by atoms with Crippen molar-refractivity contribution in [3.63, 3.8) is 0 Å². The number of carbonyl (C=O) groups excluding carboxylic acids is 1. The molecular weight excluding hydrogens is 356 g/mol. The van der Waals surface area contributed by atoms with E-state index in [1.807, 2.05) is 0 Å². The highest BCUT2D eigenvalue weighted by Crippen LogP contribution is 2.17. The number of hydrogen-bond acceptors (Lipinski definition) is 5. The Hall–Kier alpha value is -2.42. The molecule has 0 unspecified atom stereocenters. The number of amides is 1. The third kappa shape index (κ3) is 5.29. The second kappa shape index (κ2) is 8.79. The summed E-state index contributed by atoms with van der Waals surface area (Å²) in [6.07, 6.45) is 0. The first-order chi connectivity index (χ1) is 12.4. The minimum Gasteiger partial charge on any atom is -0.497 e. The number of benzene rings is 2. The lowest BCUT2D eigenvalue weighted by Crippen LogP contribution is -2.35. The fourth-order valence-electron chi connectivity index (χ4n) is 2.28. The van der Waals surface area contributed by atoms with Gasteiger partial charge in [-0.1, -0.05) is 0 Å². The van der Waals surface area contributed by atoms with Gasteiger partial charge >= 0.3 is 0 Å². The number of methoxy groups -OCH3 is 2. The van der Waals surface area contributed by atoms with Crippen molar-refractivity contribution in [1.29, 1.82) is 0 Å². The molecule has 8 heteroatoms. The van der Waals surface area contributed by atoms with Crippen molar-refractivity contribution in [3.05, 3.63) is 54.1 Å². The molecule has 0 aliphatic rings. The average molecular weight is 378 g/mol. The van der Waals surface area contributed by atoms with E-state index in [2.05, 4.69) is 10.0 Å². The van der Waals surface area contributed by atoms with Gasteiger partial charge in [0.25, 0.3) is 5.91 Å². The fourth-order valence-corrected chi connectivity index (χ4v) is 3.51. The summed E-state index contributed by atoms with van der Waals surface area (Å²) in [5.74, 6) is 0.354. The van der Waals surface area contributed by atoms with Gasteiger partial charge in [0, 0.05) is 24.4 Å². The lowest BCUT2D eigenvalue weighted by atomic mass is 10.2. The van der Waals surface area contributed by atoms with Gasteiger partial charge in [0.05, 0.1) is 18.6 Å². The maximum absolute atomic E-state index is 12.3. The Kier molecular flexibility index (Phi) is 6.73. The summed E-state index contributed by atoms with van der Waals surface area (Å²) in [6, 6.07) is 12.3. The van der Waals surface area contributed by atoms with E-state index in [1.54, 1.807) is 38.3 Å². The van der Waals surface area contributed by atoms with Gasteiger partial charge in [-0.15, -0.1) is 0 Å². The quantitative estimate of drug-likeness (QED) is 0.735. The van der Waals surface area contributed by atoms with Crippen LogP contribution in [-0.4, -0.2) is 41.2 Å². The third-order valence-electron chi connectivity index (χ3n) is 3.55. The zero-order valence-corrected chi connectivity index (χ0v) is 15.7. The first kappa shape index (κ1) is 19.9. The largest absolute Gasteiger partial charge is 0.497 e. The third-order valence-corrected chi connectivity index (χ3v) is 5.15. The Morgan fingerprint density at radius 2 is 1.65 bits per heavy atom. The minimum absolute atomic E-state index is 0.0847. The zero-order valence-electron chi connectivity index (χ0n) is 14.9. The van der Waals surface area contributed by atoms with E-state index in [0.717, 1.165) is 0 Å². The van der Waals surface area contributed by atoms with Crippen LogP contribution in [0.4, 0.5) is 5.69 Å². The second-order valence-electron chi connectivity index (χ2n) is 5.68. The van der Waals surface area contributed by atoms with Crippen LogP contribution >= 0.6 is 0 Å². The lowest BCUT2D eigenvalue weighted by Gasteiger charge is -2.13. The van der Waals surface area contributed by atoms with Gasteiger partial charge in [-0.3, -0.25) is 4.79 Å². The summed E-state index contributed by atoms with van der Waals surface area (Å²) in [4.78, 5) is 12.4. The minimum atomic E-state index is -3.67. The number of ether oxygens (including phenoxy) is 2. The first-order valence-corrected chi connectivity index (χ1v) is 9.41. The maximum atomic E-state index is 12.3. The molecule has 0 aromatic heterocycles. The molecule has 0 aliphatic carbocycles. The molecule has 2 aromatic carbocycles. The van der Waals surface area contributed by atoms with Gasteiger partial charge in [-0.05, 0) is 55.5 Å². The summed E-state index contributed by atoms with van der Waals surface area (Å²) in [7, 11) is -0.602. The van der Waals surface area contributed by atoms with Crippen LogP contribution in [0.5, 0.6) is 5.75 Å². The van der Waals surface area contributed by atoms with Gasteiger partial charge in [0.15, 0.2) is 0 Å². The van der Waals surface area contributed by atoms with Crippen molar-refractivity contribution in [3.8, 4) is 5.75 Å². The molecule has 0 heterocycles. The summed E-state index contributed by atoms with van der Waals surface area (Å²) in [5.41, 5.74) is 0.965. The molecule has 2 rings (SSSR count). The molecule has 2 N–H and O–H groups in total. The summed E-state index contributed by atoms with van der Waals surface area (Å²) < 4.78 is 37.0. The smallest absolute Gasteiger partial charge is 0.255 e. The van der Waals surface area contributed by atoms with Gasteiger partial charge in [0.2, 0.25) is 10.0 Å². The molecule has 0 radical (unpaired) electrons. The zero-order chi connectivity index (χ0) is 19.2. The van der Waals surface area contributed by atoms with Gasteiger partial charge < -0.3 is 14.8 Å². The van der Waals surface area contributed by atoms with Crippen LogP contribution in [0.15, 0.2) is 53.4 Å². The van der Waals surface area contributed by atoms with Crippen LogP contribution in [0, 0.1) is 0 Å². The Morgan fingerprint density at radius 3 is 2.19 bits per heavy atom. The van der Waals surface area contributed by atoms with Crippen LogP contribution in [0.2, 0.25) is 0 Å². The van der Waals surface area contributed by atoms with Crippen LogP contribution in [0.1, 0.15) is 17.3 Å². The van der Waals surface area contributed by atoms with Crippen LogP contribution in [0.3, 0.4) is 0 Å². The summed E-state index contributed by atoms with van der Waals surface area (Å²) >= 11 is 0. The van der Waals surface area contributed by atoms with Crippen LogP contribution in [0.25, 0.3) is 0 Å². The molecule has 1 amide bonds. The van der Waals surface area contributed by atoms with Crippen molar-refractivity contribution in [2.24, 2.45) is 0 Å². The fraction of sp³-hybridized carbons (Fsp3) is 0.278. The highest BCUT2D eigenvalue weighted by Gasteiger charge is 2.18. The number of carbonyl (C=O) groups is 1. The Bertz CT molecular complexity index is 833. The summed E-state index contributed by atoms with van der Waals surface area (Å²) in [5, 5.41) is 2.74. The summed E-state index contributed by atoms with van der Waals surface area (Å²) in [6.45, 7) is 1.97. The molecule has 0 bridgehead atoms. The van der Waals surface area contributed by atoms with Gasteiger partial charge in [0.1, 0.15) is 5.75 Å². The van der Waals surface area contributed by atoms with Crippen molar-refractivity contribution in [1.82, 2.24) is 4.72 Å². The van der Waals surface area contributed by atoms with E-state index in [1.165, 1.54) is 31.4 Å². The van der Waals surface area contributed by atoms with E-state index in [-0.39, 0.29) is 23.5 Å². The Morgan fingerprint density at radius 1 is 1.04 bits per heavy atom. The molecule has 1 atom stereocenters. The standard InChI is InChI=1S/C18H22N2O5S/c1-13(12-24-2)20-26(22,23)17-10-4-14(5-11-17)18(21)19-15-6-8-16(25-3)9-7-15/h4-11,13,20H,12H2,1-3H3,(H,19,21)/t13-/m1/s1. The highest BCUT2D eigenvalue weighted by molar-refractivity contribution is 7.89. The SMILES string of the molecule is COC[C@@H](C)NS(=O)(=O)c1ccc(C(=O)Nc2ccc(OC)cc2)cc1. The Labute approximate surface area is 153 Å². The van der Waals surface area contributed by atoms with Crippen molar-refractivity contribution in [2.45, 2.75) is 17.9 Å². The van der Waals surface area contributed by atoms with E-state index < -0.39 is 10.0 Å². The molecule has 140 valence electrons. The second-order valence-corrected chi connectivity index (χ2v) is 7.40. The first-order valence-electron chi connectivity index (χ1n) is 7.92. The predicted octanol–water partition coefficient (Wildman–Crippen LogP) is 2.26. The monoisotopic (exact) mass is 378 g/mol. The molecule has 0 spiro atoms. The molecule has 0 aliphatic heterocycles. The average Bonchev–Trinajstić information content (AvgIpc) is 2.62. The maximum Gasteiger partial charge on any atom is 0.255 e. The highest BCUT2D eigenvalue weighted by atomic mass is 32.2. The number of sulfonamides is 1. The lowest BCUT2D eigenvalue weighted by molar-refractivity contribution is 0.102. The molecule has 26 heavy (non-hydrogen) atoms. The molecule has 0 saturated carbocycles. The number of anilines is 1. The van der Waals surface area contributed by atoms with Crippen LogP contribution < -0.4 is 14.8 Å². The van der Waals surface area contributed by atoms with Gasteiger partial charge in [-0.25, -0.2) is 13.1 Å². The van der Waals surface area contributed by atoms with Crippen molar-refractivity contribution in [2.75, 3.05) is 26.1 Å². The molecule has 0 fully saturated rings.